The third kappa shape index (κ3) is 3.69. The maximum atomic E-state index is 12.3. The minimum atomic E-state index is -0.343. The molecule has 110 valence electrons. The highest BCUT2D eigenvalue weighted by Crippen LogP contribution is 2.30. The number of rotatable bonds is 3. The normalized spacial score (nSPS) is 12.0. The topological polar surface area (TPSA) is 55.1 Å². The fourth-order valence-electron chi connectivity index (χ4n) is 1.96. The number of carbonyl (C=O) groups is 1. The Labute approximate surface area is 134 Å². The van der Waals surface area contributed by atoms with Gasteiger partial charge in [0.1, 0.15) is 0 Å². The predicted molar refractivity (Wildman–Crippen MR) is 89.1 cm³/mol. The number of nitrogens with one attached hydrogen (secondary N) is 1. The SMILES string of the molecule is Cc1cc(Cl)c(NC(=O)C(C)c2cccc(N)c2)cc1Cl. The van der Waals surface area contributed by atoms with E-state index >= 15 is 0 Å². The molecular weight excluding hydrogens is 307 g/mol. The summed E-state index contributed by atoms with van der Waals surface area (Å²) in [6, 6.07) is 10.6. The molecule has 0 fully saturated rings. The fourth-order valence-corrected chi connectivity index (χ4v) is 2.39. The summed E-state index contributed by atoms with van der Waals surface area (Å²) < 4.78 is 0. The molecule has 0 aliphatic carbocycles. The van der Waals surface area contributed by atoms with Gasteiger partial charge >= 0.3 is 0 Å². The number of aryl methyl sites for hydroxylation is 1. The molecule has 0 saturated carbocycles. The van der Waals surface area contributed by atoms with E-state index in [1.165, 1.54) is 0 Å². The zero-order valence-corrected chi connectivity index (χ0v) is 13.3. The molecule has 0 radical (unpaired) electrons. The monoisotopic (exact) mass is 322 g/mol. The van der Waals surface area contributed by atoms with Gasteiger partial charge in [0.2, 0.25) is 5.91 Å². The molecule has 0 aromatic heterocycles. The largest absolute Gasteiger partial charge is 0.399 e. The first kappa shape index (κ1) is 15.7. The van der Waals surface area contributed by atoms with Gasteiger partial charge in [0.15, 0.2) is 0 Å². The molecule has 0 saturated heterocycles. The van der Waals surface area contributed by atoms with Crippen LogP contribution in [-0.2, 0) is 4.79 Å². The molecule has 3 nitrogen and oxygen atoms in total. The second-order valence-corrected chi connectivity index (χ2v) is 5.78. The van der Waals surface area contributed by atoms with Crippen LogP contribution in [0.15, 0.2) is 36.4 Å². The highest BCUT2D eigenvalue weighted by atomic mass is 35.5. The van der Waals surface area contributed by atoms with Crippen molar-refractivity contribution in [3.8, 4) is 0 Å². The van der Waals surface area contributed by atoms with Gasteiger partial charge in [0, 0.05) is 10.7 Å². The number of nitrogen functional groups attached to an aromatic ring is 1. The Kier molecular flexibility index (Phi) is 4.76. The van der Waals surface area contributed by atoms with Crippen LogP contribution < -0.4 is 11.1 Å². The molecule has 0 spiro atoms. The lowest BCUT2D eigenvalue weighted by Crippen LogP contribution is -2.19. The Morgan fingerprint density at radius 1 is 1.19 bits per heavy atom. The molecule has 2 rings (SSSR count). The summed E-state index contributed by atoms with van der Waals surface area (Å²) in [5, 5.41) is 3.82. The Morgan fingerprint density at radius 3 is 2.57 bits per heavy atom. The third-order valence-electron chi connectivity index (χ3n) is 3.31. The smallest absolute Gasteiger partial charge is 0.231 e. The highest BCUT2D eigenvalue weighted by Gasteiger charge is 2.17. The molecule has 1 unspecified atom stereocenters. The van der Waals surface area contributed by atoms with Crippen LogP contribution in [0.2, 0.25) is 10.0 Å². The minimum Gasteiger partial charge on any atom is -0.399 e. The number of benzene rings is 2. The van der Waals surface area contributed by atoms with Gasteiger partial charge in [-0.2, -0.15) is 0 Å². The Hall–Kier alpha value is -1.71. The number of hydrogen-bond donors (Lipinski definition) is 2. The molecule has 1 amide bonds. The molecule has 3 N–H and O–H groups in total. The van der Waals surface area contributed by atoms with E-state index in [2.05, 4.69) is 5.32 Å². The first-order chi connectivity index (χ1) is 9.88. The lowest BCUT2D eigenvalue weighted by Gasteiger charge is -2.14. The maximum absolute atomic E-state index is 12.3. The quantitative estimate of drug-likeness (QED) is 0.809. The van der Waals surface area contributed by atoms with Crippen LogP contribution >= 0.6 is 23.2 Å². The summed E-state index contributed by atoms with van der Waals surface area (Å²) in [7, 11) is 0. The minimum absolute atomic E-state index is 0.164. The highest BCUT2D eigenvalue weighted by molar-refractivity contribution is 6.36. The van der Waals surface area contributed by atoms with Crippen molar-refractivity contribution in [1.82, 2.24) is 0 Å². The summed E-state index contributed by atoms with van der Waals surface area (Å²) in [5.74, 6) is -0.507. The molecule has 5 heteroatoms. The Balaban J connectivity index is 2.20. The van der Waals surface area contributed by atoms with Crippen molar-refractivity contribution in [1.29, 1.82) is 0 Å². The van der Waals surface area contributed by atoms with Crippen molar-refractivity contribution in [2.24, 2.45) is 0 Å². The van der Waals surface area contributed by atoms with Gasteiger partial charge in [-0.05, 0) is 49.2 Å². The van der Waals surface area contributed by atoms with Gasteiger partial charge in [0.05, 0.1) is 16.6 Å². The van der Waals surface area contributed by atoms with E-state index in [1.807, 2.05) is 26.0 Å². The molecular formula is C16H16Cl2N2O. The number of carbonyl (C=O) groups excluding carboxylic acids is 1. The maximum Gasteiger partial charge on any atom is 0.231 e. The Bertz CT molecular complexity index is 686. The second kappa shape index (κ2) is 6.37. The number of halogens is 2. The molecule has 0 aliphatic heterocycles. The standard InChI is InChI=1S/C16H16Cl2N2O/c1-9-6-14(18)15(8-13(9)17)20-16(21)10(2)11-4-3-5-12(19)7-11/h3-8,10H,19H2,1-2H3,(H,20,21). The lowest BCUT2D eigenvalue weighted by atomic mass is 9.99. The molecule has 2 aromatic carbocycles. The zero-order valence-electron chi connectivity index (χ0n) is 11.8. The summed E-state index contributed by atoms with van der Waals surface area (Å²) in [6.07, 6.45) is 0. The molecule has 0 bridgehead atoms. The summed E-state index contributed by atoms with van der Waals surface area (Å²) in [6.45, 7) is 3.67. The van der Waals surface area contributed by atoms with Gasteiger partial charge in [-0.3, -0.25) is 4.79 Å². The van der Waals surface area contributed by atoms with Crippen LogP contribution in [0.3, 0.4) is 0 Å². The second-order valence-electron chi connectivity index (χ2n) is 4.96. The Morgan fingerprint density at radius 2 is 1.90 bits per heavy atom. The van der Waals surface area contributed by atoms with Gasteiger partial charge in [-0.1, -0.05) is 35.3 Å². The van der Waals surface area contributed by atoms with E-state index in [0.717, 1.165) is 11.1 Å². The van der Waals surface area contributed by atoms with E-state index in [9.17, 15) is 4.79 Å². The van der Waals surface area contributed by atoms with Crippen molar-refractivity contribution in [3.05, 3.63) is 57.6 Å². The average molecular weight is 323 g/mol. The molecule has 0 aliphatic rings. The van der Waals surface area contributed by atoms with E-state index < -0.39 is 0 Å². The van der Waals surface area contributed by atoms with Crippen LogP contribution in [0.1, 0.15) is 24.0 Å². The van der Waals surface area contributed by atoms with Crippen molar-refractivity contribution in [3.63, 3.8) is 0 Å². The first-order valence-corrected chi connectivity index (χ1v) is 7.26. The van der Waals surface area contributed by atoms with Crippen molar-refractivity contribution in [2.45, 2.75) is 19.8 Å². The summed E-state index contributed by atoms with van der Waals surface area (Å²) in [4.78, 5) is 12.3. The van der Waals surface area contributed by atoms with Crippen LogP contribution in [0.4, 0.5) is 11.4 Å². The number of amides is 1. The summed E-state index contributed by atoms with van der Waals surface area (Å²) >= 11 is 12.2. The average Bonchev–Trinajstić information content (AvgIpc) is 2.43. The third-order valence-corrected chi connectivity index (χ3v) is 4.03. The zero-order chi connectivity index (χ0) is 15.6. The fraction of sp³-hybridized carbons (Fsp3) is 0.188. The van der Waals surface area contributed by atoms with E-state index in [1.54, 1.807) is 24.3 Å². The van der Waals surface area contributed by atoms with E-state index in [4.69, 9.17) is 28.9 Å². The van der Waals surface area contributed by atoms with Crippen molar-refractivity contribution < 1.29 is 4.79 Å². The molecule has 2 aromatic rings. The van der Waals surface area contributed by atoms with Crippen molar-refractivity contribution in [2.75, 3.05) is 11.1 Å². The summed E-state index contributed by atoms with van der Waals surface area (Å²) in [5.41, 5.74) is 8.59. The van der Waals surface area contributed by atoms with Gasteiger partial charge in [-0.25, -0.2) is 0 Å². The van der Waals surface area contributed by atoms with Crippen LogP contribution in [0.25, 0.3) is 0 Å². The van der Waals surface area contributed by atoms with Crippen molar-refractivity contribution >= 4 is 40.5 Å². The van der Waals surface area contributed by atoms with Crippen LogP contribution in [-0.4, -0.2) is 5.91 Å². The lowest BCUT2D eigenvalue weighted by molar-refractivity contribution is -0.117. The number of anilines is 2. The molecule has 21 heavy (non-hydrogen) atoms. The predicted octanol–water partition coefficient (Wildman–Crippen LogP) is 4.63. The first-order valence-electron chi connectivity index (χ1n) is 6.50. The van der Waals surface area contributed by atoms with Gasteiger partial charge in [-0.15, -0.1) is 0 Å². The van der Waals surface area contributed by atoms with Crippen LogP contribution in [0.5, 0.6) is 0 Å². The van der Waals surface area contributed by atoms with Gasteiger partial charge < -0.3 is 11.1 Å². The van der Waals surface area contributed by atoms with E-state index in [0.29, 0.717) is 21.4 Å². The number of hydrogen-bond acceptors (Lipinski definition) is 2. The van der Waals surface area contributed by atoms with Crippen LogP contribution in [0, 0.1) is 6.92 Å². The van der Waals surface area contributed by atoms with Gasteiger partial charge in [0.25, 0.3) is 0 Å². The van der Waals surface area contributed by atoms with E-state index in [-0.39, 0.29) is 11.8 Å². The molecule has 1 atom stereocenters. The molecule has 0 heterocycles. The number of nitrogens with two attached hydrogens (primary N) is 1.